The minimum Gasteiger partial charge on any atom is -0.484 e. The molecule has 0 aliphatic heterocycles. The lowest BCUT2D eigenvalue weighted by Crippen LogP contribution is -2.52. The molecule has 0 aliphatic carbocycles. The summed E-state index contributed by atoms with van der Waals surface area (Å²) in [6.07, 6.45) is 0.400. The Labute approximate surface area is 213 Å². The number of carbonyl (C=O) groups is 2. The predicted octanol–water partition coefficient (Wildman–Crippen LogP) is 5.50. The fraction of sp³-hybridized carbons (Fsp3) is 0.310. The maximum atomic E-state index is 13.6. The van der Waals surface area contributed by atoms with Gasteiger partial charge in [-0.05, 0) is 62.1 Å². The van der Waals surface area contributed by atoms with Crippen molar-refractivity contribution in [3.8, 4) is 5.75 Å². The Hall–Kier alpha value is -3.31. The normalized spacial score (nSPS) is 11.7. The minimum absolute atomic E-state index is 0.0503. The molecule has 0 aliphatic rings. The number of aryl methyl sites for hydroxylation is 2. The highest BCUT2D eigenvalue weighted by atomic mass is 35.5. The Balaban J connectivity index is 1.90. The average molecular weight is 493 g/mol. The summed E-state index contributed by atoms with van der Waals surface area (Å²) in [6, 6.07) is 22.3. The molecule has 6 heteroatoms. The molecule has 1 atom stereocenters. The molecule has 0 spiro atoms. The van der Waals surface area contributed by atoms with E-state index in [4.69, 9.17) is 16.3 Å². The highest BCUT2D eigenvalue weighted by Gasteiger charge is 2.31. The van der Waals surface area contributed by atoms with Gasteiger partial charge < -0.3 is 15.0 Å². The van der Waals surface area contributed by atoms with Gasteiger partial charge in [-0.2, -0.15) is 0 Å². The summed E-state index contributed by atoms with van der Waals surface area (Å²) in [5.74, 6) is 0.119. The van der Waals surface area contributed by atoms with Gasteiger partial charge in [0.2, 0.25) is 5.91 Å². The molecule has 2 amide bonds. The quantitative estimate of drug-likeness (QED) is 0.406. The SMILES string of the molecule is Cc1cc(OCC(=O)N(Cc2ccccc2)[C@@H](Cc2ccccc2)C(=O)NC(C)C)cc(C)c1Cl. The van der Waals surface area contributed by atoms with Crippen LogP contribution in [0.25, 0.3) is 0 Å². The molecule has 3 aromatic carbocycles. The van der Waals surface area contributed by atoms with E-state index in [0.717, 1.165) is 22.3 Å². The van der Waals surface area contributed by atoms with Gasteiger partial charge in [-0.1, -0.05) is 72.3 Å². The van der Waals surface area contributed by atoms with Gasteiger partial charge in [0.05, 0.1) is 0 Å². The molecule has 0 aromatic heterocycles. The number of rotatable bonds is 10. The molecule has 3 rings (SSSR count). The van der Waals surface area contributed by atoms with Crippen molar-refractivity contribution in [3.05, 3.63) is 100 Å². The number of ether oxygens (including phenoxy) is 1. The van der Waals surface area contributed by atoms with Gasteiger partial charge in [0, 0.05) is 24.0 Å². The van der Waals surface area contributed by atoms with E-state index in [-0.39, 0.29) is 24.5 Å². The molecule has 0 saturated heterocycles. The number of nitrogens with zero attached hydrogens (tertiary/aromatic N) is 1. The number of hydrogen-bond donors (Lipinski definition) is 1. The van der Waals surface area contributed by atoms with Crippen LogP contribution in [0.3, 0.4) is 0 Å². The van der Waals surface area contributed by atoms with Gasteiger partial charge in [0.1, 0.15) is 11.8 Å². The second-order valence-corrected chi connectivity index (χ2v) is 9.41. The Morgan fingerprint density at radius 1 is 0.914 bits per heavy atom. The molecule has 0 radical (unpaired) electrons. The topological polar surface area (TPSA) is 58.6 Å². The highest BCUT2D eigenvalue weighted by molar-refractivity contribution is 6.32. The largest absolute Gasteiger partial charge is 0.484 e. The highest BCUT2D eigenvalue weighted by Crippen LogP contribution is 2.26. The van der Waals surface area contributed by atoms with E-state index in [1.54, 1.807) is 4.90 Å². The van der Waals surface area contributed by atoms with Crippen LogP contribution in [-0.4, -0.2) is 35.4 Å². The monoisotopic (exact) mass is 492 g/mol. The molecule has 3 aromatic rings. The van der Waals surface area contributed by atoms with E-state index in [2.05, 4.69) is 5.32 Å². The molecule has 184 valence electrons. The Kier molecular flexibility index (Phi) is 9.32. The number of nitrogens with one attached hydrogen (secondary N) is 1. The molecule has 35 heavy (non-hydrogen) atoms. The summed E-state index contributed by atoms with van der Waals surface area (Å²) in [5.41, 5.74) is 3.68. The average Bonchev–Trinajstić information content (AvgIpc) is 2.84. The van der Waals surface area contributed by atoms with Crippen LogP contribution in [0, 0.1) is 13.8 Å². The van der Waals surface area contributed by atoms with E-state index in [9.17, 15) is 9.59 Å². The number of benzene rings is 3. The van der Waals surface area contributed by atoms with Gasteiger partial charge in [-0.25, -0.2) is 0 Å². The maximum absolute atomic E-state index is 13.6. The molecule has 0 unspecified atom stereocenters. The smallest absolute Gasteiger partial charge is 0.261 e. The van der Waals surface area contributed by atoms with Crippen LogP contribution in [0.2, 0.25) is 5.02 Å². The number of amides is 2. The number of hydrogen-bond acceptors (Lipinski definition) is 3. The summed E-state index contributed by atoms with van der Waals surface area (Å²) >= 11 is 6.27. The third-order valence-corrected chi connectivity index (χ3v) is 6.27. The lowest BCUT2D eigenvalue weighted by Gasteiger charge is -2.32. The fourth-order valence-corrected chi connectivity index (χ4v) is 4.04. The van der Waals surface area contributed by atoms with Crippen molar-refractivity contribution in [2.75, 3.05) is 6.61 Å². The van der Waals surface area contributed by atoms with Crippen LogP contribution in [0.15, 0.2) is 72.8 Å². The zero-order valence-electron chi connectivity index (χ0n) is 20.8. The van der Waals surface area contributed by atoms with E-state index < -0.39 is 6.04 Å². The molecular weight excluding hydrogens is 460 g/mol. The summed E-state index contributed by atoms with van der Waals surface area (Å²) in [6.45, 7) is 7.73. The standard InChI is InChI=1S/C29H33ClN2O3/c1-20(2)31-29(34)26(17-23-11-7-5-8-12-23)32(18-24-13-9-6-10-14-24)27(33)19-35-25-15-21(3)28(30)22(4)16-25/h5-16,20,26H,17-19H2,1-4H3,(H,31,34)/t26-/m0/s1. The molecule has 0 heterocycles. The van der Waals surface area contributed by atoms with Crippen LogP contribution in [0.1, 0.15) is 36.1 Å². The number of halogens is 1. The molecule has 1 N–H and O–H groups in total. The van der Waals surface area contributed by atoms with Gasteiger partial charge in [-0.3, -0.25) is 9.59 Å². The van der Waals surface area contributed by atoms with Gasteiger partial charge in [-0.15, -0.1) is 0 Å². The van der Waals surface area contributed by atoms with Crippen LogP contribution in [0.4, 0.5) is 0 Å². The first-order valence-corrected chi connectivity index (χ1v) is 12.2. The first kappa shape index (κ1) is 26.3. The predicted molar refractivity (Wildman–Crippen MR) is 141 cm³/mol. The van der Waals surface area contributed by atoms with Gasteiger partial charge in [0.15, 0.2) is 6.61 Å². The summed E-state index contributed by atoms with van der Waals surface area (Å²) in [4.78, 5) is 28.5. The molecule has 0 saturated carbocycles. The first-order valence-electron chi connectivity index (χ1n) is 11.8. The van der Waals surface area contributed by atoms with Crippen molar-refractivity contribution in [1.82, 2.24) is 10.2 Å². The number of carbonyl (C=O) groups excluding carboxylic acids is 2. The van der Waals surface area contributed by atoms with E-state index >= 15 is 0 Å². The third kappa shape index (κ3) is 7.59. The first-order chi connectivity index (χ1) is 16.7. The van der Waals surface area contributed by atoms with Crippen molar-refractivity contribution >= 4 is 23.4 Å². The van der Waals surface area contributed by atoms with Crippen molar-refractivity contribution in [2.45, 2.75) is 52.7 Å². The van der Waals surface area contributed by atoms with Crippen LogP contribution < -0.4 is 10.1 Å². The zero-order chi connectivity index (χ0) is 25.4. The second-order valence-electron chi connectivity index (χ2n) is 9.04. The van der Waals surface area contributed by atoms with Gasteiger partial charge in [0.25, 0.3) is 5.91 Å². The van der Waals surface area contributed by atoms with E-state index in [1.807, 2.05) is 100 Å². The van der Waals surface area contributed by atoms with Gasteiger partial charge >= 0.3 is 0 Å². The van der Waals surface area contributed by atoms with Crippen molar-refractivity contribution < 1.29 is 14.3 Å². The molecule has 0 bridgehead atoms. The van der Waals surface area contributed by atoms with Crippen molar-refractivity contribution in [3.63, 3.8) is 0 Å². The fourth-order valence-electron chi connectivity index (χ4n) is 3.93. The van der Waals surface area contributed by atoms with Crippen molar-refractivity contribution in [1.29, 1.82) is 0 Å². The Morgan fingerprint density at radius 3 is 2.00 bits per heavy atom. The van der Waals surface area contributed by atoms with Crippen molar-refractivity contribution in [2.24, 2.45) is 0 Å². The van der Waals surface area contributed by atoms with E-state index in [0.29, 0.717) is 23.7 Å². The lowest BCUT2D eigenvalue weighted by atomic mass is 10.0. The summed E-state index contributed by atoms with van der Waals surface area (Å²) in [5, 5.41) is 3.67. The Bertz CT molecular complexity index is 1110. The summed E-state index contributed by atoms with van der Waals surface area (Å²) < 4.78 is 5.88. The lowest BCUT2D eigenvalue weighted by molar-refractivity contribution is -0.143. The van der Waals surface area contributed by atoms with Crippen LogP contribution in [0.5, 0.6) is 5.75 Å². The molecule has 5 nitrogen and oxygen atoms in total. The summed E-state index contributed by atoms with van der Waals surface area (Å²) in [7, 11) is 0. The maximum Gasteiger partial charge on any atom is 0.261 e. The Morgan fingerprint density at radius 2 is 1.46 bits per heavy atom. The zero-order valence-corrected chi connectivity index (χ0v) is 21.5. The third-order valence-electron chi connectivity index (χ3n) is 5.67. The van der Waals surface area contributed by atoms with Crippen LogP contribution >= 0.6 is 11.6 Å². The minimum atomic E-state index is -0.690. The van der Waals surface area contributed by atoms with Crippen LogP contribution in [-0.2, 0) is 22.6 Å². The second kappa shape index (κ2) is 12.4. The molecule has 0 fully saturated rings. The molecular formula is C29H33ClN2O3. The van der Waals surface area contributed by atoms with E-state index in [1.165, 1.54) is 0 Å².